The normalized spacial score (nSPS) is 24.3. The molecule has 14 heteroatoms. The second kappa shape index (κ2) is 10.4. The Balaban J connectivity index is 1.39. The minimum atomic E-state index is -4.44. The molecule has 39 heavy (non-hydrogen) atoms. The number of H-pyrrole nitrogens is 1. The number of hydrogen-bond donors (Lipinski definition) is 5. The van der Waals surface area contributed by atoms with Crippen LogP contribution in [0.1, 0.15) is 11.3 Å². The molecule has 1 aliphatic rings. The molecule has 0 bridgehead atoms. The number of alkyl halides is 3. The number of rotatable bonds is 5. The Hall–Kier alpha value is -3.82. The highest BCUT2D eigenvalue weighted by atomic mass is 19.4. The quantitative estimate of drug-likeness (QED) is 0.251. The highest BCUT2D eigenvalue weighted by Crippen LogP contribution is 2.33. The minimum absolute atomic E-state index is 0.207. The monoisotopic (exact) mass is 547 g/mol. The van der Waals surface area contributed by atoms with Gasteiger partial charge in [0.2, 0.25) is 11.9 Å². The van der Waals surface area contributed by atoms with Gasteiger partial charge in [0.25, 0.3) is 0 Å². The molecule has 5 atom stereocenters. The van der Waals surface area contributed by atoms with Gasteiger partial charge in [0.15, 0.2) is 0 Å². The van der Waals surface area contributed by atoms with Gasteiger partial charge in [0, 0.05) is 5.56 Å². The highest BCUT2D eigenvalue weighted by molar-refractivity contribution is 5.79. The molecule has 0 saturated carbocycles. The summed E-state index contributed by atoms with van der Waals surface area (Å²) in [4.78, 5) is 11.7. The Bertz CT molecular complexity index is 1520. The van der Waals surface area contributed by atoms with Crippen molar-refractivity contribution in [3.05, 3.63) is 71.7 Å². The maximum absolute atomic E-state index is 13.0. The van der Waals surface area contributed by atoms with E-state index in [1.807, 2.05) is 0 Å². The van der Waals surface area contributed by atoms with Crippen molar-refractivity contribution < 1.29 is 43.1 Å². The number of aromatic nitrogens is 4. The summed E-state index contributed by atoms with van der Waals surface area (Å²) in [6.45, 7) is 1.16. The molecule has 4 aromatic rings. The van der Waals surface area contributed by atoms with E-state index in [1.165, 1.54) is 35.1 Å². The van der Waals surface area contributed by atoms with E-state index in [-0.39, 0.29) is 11.4 Å². The van der Waals surface area contributed by atoms with Crippen molar-refractivity contribution in [1.82, 2.24) is 19.6 Å². The van der Waals surface area contributed by atoms with E-state index in [9.17, 15) is 33.6 Å². The standard InChI is InChI=1S/C25H24F3N5O6/c1-12-18(13-2-4-14(5-3-13)25(26,27)28)22-31-24(29-11-33(22)32-12)30-15-6-8-16(9-7-15)38-23-21(37)20(36)19(35)17(10-34)39-23/h2-9,11,17,19-21,23,34-37H,10H2,1H3,(H,30,31). The lowest BCUT2D eigenvalue weighted by Gasteiger charge is -2.39. The predicted octanol–water partition coefficient (Wildman–Crippen LogP) is 1.46. The maximum atomic E-state index is 13.0. The van der Waals surface area contributed by atoms with Crippen LogP contribution in [-0.2, 0) is 10.9 Å². The van der Waals surface area contributed by atoms with E-state index in [4.69, 9.17) is 9.47 Å². The van der Waals surface area contributed by atoms with Crippen LogP contribution in [-0.4, -0.2) is 77.3 Å². The van der Waals surface area contributed by atoms with Gasteiger partial charge < -0.3 is 34.9 Å². The number of halogens is 3. The van der Waals surface area contributed by atoms with Gasteiger partial charge in [-0.25, -0.2) is 14.5 Å². The summed E-state index contributed by atoms with van der Waals surface area (Å²) in [5, 5.41) is 43.6. The predicted molar refractivity (Wildman–Crippen MR) is 129 cm³/mol. The van der Waals surface area contributed by atoms with E-state index in [1.54, 1.807) is 19.1 Å². The van der Waals surface area contributed by atoms with Gasteiger partial charge in [-0.1, -0.05) is 12.1 Å². The van der Waals surface area contributed by atoms with Crippen LogP contribution in [0.2, 0.25) is 0 Å². The second-order valence-corrected chi connectivity index (χ2v) is 8.94. The molecular formula is C25H24F3N5O6. The number of aromatic amines is 1. The van der Waals surface area contributed by atoms with Crippen molar-refractivity contribution >= 4 is 11.3 Å². The number of ether oxygens (including phenoxy) is 2. The molecule has 1 fully saturated rings. The molecule has 1 aliphatic heterocycles. The zero-order valence-electron chi connectivity index (χ0n) is 20.3. The lowest BCUT2D eigenvalue weighted by molar-refractivity contribution is -0.277. The summed E-state index contributed by atoms with van der Waals surface area (Å²) in [5.41, 5.74) is 2.14. The molecular weight excluding hydrogens is 523 g/mol. The largest absolute Gasteiger partial charge is 0.462 e. The van der Waals surface area contributed by atoms with Crippen molar-refractivity contribution in [3.63, 3.8) is 0 Å². The van der Waals surface area contributed by atoms with Gasteiger partial charge >= 0.3 is 6.18 Å². The molecule has 206 valence electrons. The molecule has 5 rings (SSSR count). The van der Waals surface area contributed by atoms with Crippen LogP contribution in [0.4, 0.5) is 18.9 Å². The smallest absolute Gasteiger partial charge is 0.416 e. The van der Waals surface area contributed by atoms with E-state index in [0.29, 0.717) is 28.2 Å². The Morgan fingerprint density at radius 2 is 1.72 bits per heavy atom. The summed E-state index contributed by atoms with van der Waals surface area (Å²) in [6.07, 6.45) is -10.0. The molecule has 0 amide bonds. The Labute approximate surface area is 218 Å². The van der Waals surface area contributed by atoms with Crippen molar-refractivity contribution in [2.75, 3.05) is 6.61 Å². The van der Waals surface area contributed by atoms with Gasteiger partial charge in [0.1, 0.15) is 42.1 Å². The van der Waals surface area contributed by atoms with E-state index in [2.05, 4.69) is 20.1 Å². The van der Waals surface area contributed by atoms with Crippen molar-refractivity contribution in [3.8, 4) is 16.9 Å². The molecule has 2 aromatic heterocycles. The van der Waals surface area contributed by atoms with Crippen molar-refractivity contribution in [2.45, 2.75) is 43.8 Å². The SMILES string of the molecule is Cc1nn2cn/c(=N\c3ccc(OC4OC(CO)C(O)C(O)C4O)cc3)[nH]c2c1-c1ccc(C(F)(F)F)cc1. The fourth-order valence-electron chi connectivity index (χ4n) is 4.25. The van der Waals surface area contributed by atoms with Crippen LogP contribution in [0.5, 0.6) is 5.75 Å². The van der Waals surface area contributed by atoms with E-state index >= 15 is 0 Å². The fraction of sp³-hybridized carbons (Fsp3) is 0.320. The van der Waals surface area contributed by atoms with Crippen molar-refractivity contribution in [1.29, 1.82) is 0 Å². The summed E-state index contributed by atoms with van der Waals surface area (Å²) >= 11 is 0. The van der Waals surface area contributed by atoms with Crippen LogP contribution < -0.4 is 10.4 Å². The van der Waals surface area contributed by atoms with Crippen LogP contribution in [0.25, 0.3) is 16.8 Å². The molecule has 1 saturated heterocycles. The number of aliphatic hydroxyl groups is 4. The Morgan fingerprint density at radius 1 is 1.03 bits per heavy atom. The topological polar surface area (TPSA) is 158 Å². The van der Waals surface area contributed by atoms with Gasteiger partial charge in [-0.15, -0.1) is 0 Å². The third kappa shape index (κ3) is 5.37. The van der Waals surface area contributed by atoms with Crippen LogP contribution in [0.3, 0.4) is 0 Å². The summed E-state index contributed by atoms with van der Waals surface area (Å²) < 4.78 is 51.3. The van der Waals surface area contributed by atoms with Gasteiger partial charge in [-0.05, 0) is 48.9 Å². The molecule has 5 N–H and O–H groups in total. The zero-order chi connectivity index (χ0) is 27.9. The number of nitrogens with zero attached hydrogens (tertiary/aromatic N) is 4. The first-order valence-electron chi connectivity index (χ1n) is 11.8. The second-order valence-electron chi connectivity index (χ2n) is 8.94. The number of aryl methyl sites for hydroxylation is 1. The Kier molecular flexibility index (Phi) is 7.13. The van der Waals surface area contributed by atoms with Gasteiger partial charge in [0.05, 0.1) is 23.6 Å². The molecule has 0 spiro atoms. The first-order chi connectivity index (χ1) is 18.5. The average molecular weight is 547 g/mol. The summed E-state index contributed by atoms with van der Waals surface area (Å²) in [7, 11) is 0. The number of hydrogen-bond acceptors (Lipinski definition) is 9. The molecule has 11 nitrogen and oxygen atoms in total. The summed E-state index contributed by atoms with van der Waals surface area (Å²) in [6, 6.07) is 11.1. The number of benzene rings is 2. The van der Waals surface area contributed by atoms with Gasteiger partial charge in [-0.2, -0.15) is 18.3 Å². The third-order valence-corrected chi connectivity index (χ3v) is 6.28. The first-order valence-corrected chi connectivity index (χ1v) is 11.8. The van der Waals surface area contributed by atoms with Crippen LogP contribution in [0, 0.1) is 6.92 Å². The zero-order valence-corrected chi connectivity index (χ0v) is 20.3. The number of aliphatic hydroxyl groups excluding tert-OH is 4. The molecule has 3 heterocycles. The van der Waals surface area contributed by atoms with Crippen LogP contribution >= 0.6 is 0 Å². The number of nitrogens with one attached hydrogen (secondary N) is 1. The lowest BCUT2D eigenvalue weighted by Crippen LogP contribution is -2.60. The van der Waals surface area contributed by atoms with Crippen LogP contribution in [0.15, 0.2) is 59.9 Å². The fourth-order valence-corrected chi connectivity index (χ4v) is 4.25. The van der Waals surface area contributed by atoms with E-state index < -0.39 is 49.1 Å². The molecule has 0 aliphatic carbocycles. The third-order valence-electron chi connectivity index (χ3n) is 6.28. The van der Waals surface area contributed by atoms with Crippen molar-refractivity contribution in [2.24, 2.45) is 4.99 Å². The molecule has 2 aromatic carbocycles. The lowest BCUT2D eigenvalue weighted by atomic mass is 9.99. The average Bonchev–Trinajstić information content (AvgIpc) is 3.24. The highest BCUT2D eigenvalue weighted by Gasteiger charge is 2.44. The first kappa shape index (κ1) is 26.8. The molecule has 5 unspecified atom stereocenters. The Morgan fingerprint density at radius 3 is 2.36 bits per heavy atom. The molecule has 0 radical (unpaired) electrons. The maximum Gasteiger partial charge on any atom is 0.416 e. The van der Waals surface area contributed by atoms with E-state index in [0.717, 1.165) is 12.1 Å². The minimum Gasteiger partial charge on any atom is -0.462 e. The summed E-state index contributed by atoms with van der Waals surface area (Å²) in [5.74, 6) is 0.265. The van der Waals surface area contributed by atoms with Gasteiger partial charge in [-0.3, -0.25) is 0 Å². The number of fused-ring (bicyclic) bond motifs is 1.